The van der Waals surface area contributed by atoms with Crippen molar-refractivity contribution in [3.05, 3.63) is 18.3 Å². The van der Waals surface area contributed by atoms with Gasteiger partial charge in [-0.25, -0.2) is 13.4 Å². The van der Waals surface area contributed by atoms with Crippen molar-refractivity contribution < 1.29 is 8.42 Å². The molecule has 1 radical (unpaired) electrons. The standard InChI is InChI=1S/C7H9N2O2S/c1-2-12(10,11)7-5-6(8)3-4-9-7/h3-5,8H,2H2,1H3. The first-order chi connectivity index (χ1) is 5.56. The van der Waals surface area contributed by atoms with Crippen LogP contribution in [0.5, 0.6) is 0 Å². The molecule has 0 aliphatic carbocycles. The normalized spacial score (nSPS) is 11.4. The zero-order chi connectivity index (χ0) is 9.19. The van der Waals surface area contributed by atoms with Gasteiger partial charge in [-0.3, -0.25) is 0 Å². The summed E-state index contributed by atoms with van der Waals surface area (Å²) in [6.45, 7) is 1.55. The van der Waals surface area contributed by atoms with Crippen LogP contribution in [0.1, 0.15) is 6.92 Å². The van der Waals surface area contributed by atoms with E-state index in [4.69, 9.17) is 5.73 Å². The van der Waals surface area contributed by atoms with E-state index in [1.807, 2.05) is 0 Å². The van der Waals surface area contributed by atoms with Crippen LogP contribution in [-0.2, 0) is 9.84 Å². The summed E-state index contributed by atoms with van der Waals surface area (Å²) in [5.41, 5.74) is 7.35. The smallest absolute Gasteiger partial charge is 0.195 e. The Kier molecular flexibility index (Phi) is 2.32. The van der Waals surface area contributed by atoms with Gasteiger partial charge in [0, 0.05) is 12.3 Å². The molecule has 12 heavy (non-hydrogen) atoms. The Morgan fingerprint density at radius 3 is 2.75 bits per heavy atom. The highest BCUT2D eigenvalue weighted by Crippen LogP contribution is 2.11. The van der Waals surface area contributed by atoms with E-state index in [-0.39, 0.29) is 16.5 Å². The summed E-state index contributed by atoms with van der Waals surface area (Å²) < 4.78 is 22.4. The molecule has 0 saturated carbocycles. The SMILES string of the molecule is CCS(=O)(=O)c1cc([NH])ccn1. The number of hydrogen-bond donors (Lipinski definition) is 0. The minimum Gasteiger partial charge on any atom is -0.301 e. The number of pyridine rings is 1. The van der Waals surface area contributed by atoms with Crippen molar-refractivity contribution in [3.63, 3.8) is 0 Å². The van der Waals surface area contributed by atoms with Crippen LogP contribution in [0, 0.1) is 0 Å². The van der Waals surface area contributed by atoms with Crippen LogP contribution in [0.15, 0.2) is 23.4 Å². The third-order valence-corrected chi connectivity index (χ3v) is 3.05. The van der Waals surface area contributed by atoms with E-state index < -0.39 is 9.84 Å². The van der Waals surface area contributed by atoms with E-state index in [2.05, 4.69) is 4.98 Å². The molecule has 1 aromatic rings. The lowest BCUT2D eigenvalue weighted by Crippen LogP contribution is -2.05. The van der Waals surface area contributed by atoms with Gasteiger partial charge in [-0.15, -0.1) is 0 Å². The van der Waals surface area contributed by atoms with E-state index in [0.717, 1.165) is 0 Å². The monoisotopic (exact) mass is 185 g/mol. The van der Waals surface area contributed by atoms with Crippen molar-refractivity contribution in [1.29, 1.82) is 0 Å². The highest BCUT2D eigenvalue weighted by atomic mass is 32.2. The summed E-state index contributed by atoms with van der Waals surface area (Å²) in [4.78, 5) is 3.67. The molecule has 0 unspecified atom stereocenters. The molecule has 1 rings (SSSR count). The minimum atomic E-state index is -3.25. The van der Waals surface area contributed by atoms with Crippen molar-refractivity contribution in [2.75, 3.05) is 5.75 Å². The average molecular weight is 185 g/mol. The maximum atomic E-state index is 11.2. The molecule has 65 valence electrons. The molecule has 0 aliphatic heterocycles. The molecule has 0 bridgehead atoms. The first-order valence-electron chi connectivity index (χ1n) is 3.46. The maximum absolute atomic E-state index is 11.2. The fourth-order valence-electron chi connectivity index (χ4n) is 0.727. The summed E-state index contributed by atoms with van der Waals surface area (Å²) in [6.07, 6.45) is 1.32. The van der Waals surface area contributed by atoms with Gasteiger partial charge in [0.25, 0.3) is 0 Å². The number of sulfone groups is 1. The third kappa shape index (κ3) is 1.73. The lowest BCUT2D eigenvalue weighted by atomic mass is 10.4. The second kappa shape index (κ2) is 3.10. The van der Waals surface area contributed by atoms with Crippen molar-refractivity contribution in [3.8, 4) is 0 Å². The second-order valence-corrected chi connectivity index (χ2v) is 4.51. The largest absolute Gasteiger partial charge is 0.301 e. The van der Waals surface area contributed by atoms with Crippen molar-refractivity contribution in [2.45, 2.75) is 11.9 Å². The number of hydrogen-bond acceptors (Lipinski definition) is 3. The van der Waals surface area contributed by atoms with Crippen molar-refractivity contribution in [1.82, 2.24) is 10.7 Å². The van der Waals surface area contributed by atoms with E-state index >= 15 is 0 Å². The fraction of sp³-hybridized carbons (Fsp3) is 0.286. The van der Waals surface area contributed by atoms with Gasteiger partial charge in [-0.1, -0.05) is 6.92 Å². The first-order valence-corrected chi connectivity index (χ1v) is 5.12. The lowest BCUT2D eigenvalue weighted by molar-refractivity contribution is 0.593. The molecule has 0 aromatic carbocycles. The Morgan fingerprint density at radius 1 is 1.58 bits per heavy atom. The molecule has 0 atom stereocenters. The molecular formula is C7H9N2O2S. The molecule has 1 aromatic heterocycles. The average Bonchev–Trinajstić information content (AvgIpc) is 2.05. The second-order valence-electron chi connectivity index (χ2n) is 2.29. The van der Waals surface area contributed by atoms with Gasteiger partial charge < -0.3 is 5.73 Å². The zero-order valence-electron chi connectivity index (χ0n) is 6.61. The number of rotatable bonds is 2. The van der Waals surface area contributed by atoms with E-state index in [9.17, 15) is 8.42 Å². The van der Waals surface area contributed by atoms with Gasteiger partial charge in [0.2, 0.25) is 0 Å². The zero-order valence-corrected chi connectivity index (χ0v) is 7.43. The van der Waals surface area contributed by atoms with Gasteiger partial charge in [0.15, 0.2) is 14.9 Å². The molecule has 5 heteroatoms. The summed E-state index contributed by atoms with van der Waals surface area (Å²) in [5, 5.41) is -0.0162. The van der Waals surface area contributed by atoms with Gasteiger partial charge in [-0.2, -0.15) is 0 Å². The molecule has 0 aliphatic rings. The fourth-order valence-corrected chi connectivity index (χ4v) is 1.55. The molecule has 0 spiro atoms. The van der Waals surface area contributed by atoms with E-state index in [0.29, 0.717) is 0 Å². The van der Waals surface area contributed by atoms with Crippen LogP contribution >= 0.6 is 0 Å². The summed E-state index contributed by atoms with van der Waals surface area (Å²) in [6, 6.07) is 2.69. The van der Waals surface area contributed by atoms with Crippen LogP contribution in [0.3, 0.4) is 0 Å². The maximum Gasteiger partial charge on any atom is 0.195 e. The van der Waals surface area contributed by atoms with Crippen molar-refractivity contribution in [2.24, 2.45) is 0 Å². The highest BCUT2D eigenvalue weighted by molar-refractivity contribution is 7.91. The predicted octanol–water partition coefficient (Wildman–Crippen LogP) is 0.790. The number of nitrogens with zero attached hydrogens (tertiary/aromatic N) is 1. The molecule has 0 fully saturated rings. The van der Waals surface area contributed by atoms with Gasteiger partial charge in [-0.05, 0) is 6.07 Å². The van der Waals surface area contributed by atoms with Crippen LogP contribution in [-0.4, -0.2) is 19.2 Å². The van der Waals surface area contributed by atoms with E-state index in [1.165, 1.54) is 18.3 Å². The van der Waals surface area contributed by atoms with Crippen molar-refractivity contribution >= 4 is 15.5 Å². The predicted molar refractivity (Wildman–Crippen MR) is 44.7 cm³/mol. The van der Waals surface area contributed by atoms with Crippen LogP contribution in [0.2, 0.25) is 0 Å². The lowest BCUT2D eigenvalue weighted by Gasteiger charge is -1.99. The first kappa shape index (κ1) is 8.99. The minimum absolute atomic E-state index is 0.0162. The van der Waals surface area contributed by atoms with Crippen LogP contribution in [0.4, 0.5) is 5.69 Å². The Morgan fingerprint density at radius 2 is 2.25 bits per heavy atom. The van der Waals surface area contributed by atoms with E-state index in [1.54, 1.807) is 6.92 Å². The Hall–Kier alpha value is -1.10. The Balaban J connectivity index is 3.21. The summed E-state index contributed by atoms with van der Waals surface area (Å²) >= 11 is 0. The molecule has 1 heterocycles. The summed E-state index contributed by atoms with van der Waals surface area (Å²) in [5.74, 6) is 0.0173. The molecule has 1 N–H and O–H groups in total. The number of nitrogens with one attached hydrogen (secondary N) is 1. The van der Waals surface area contributed by atoms with Gasteiger partial charge in [0.05, 0.1) is 11.4 Å². The third-order valence-electron chi connectivity index (χ3n) is 1.43. The molecule has 0 saturated heterocycles. The van der Waals surface area contributed by atoms with Gasteiger partial charge in [0.1, 0.15) is 0 Å². The quantitative estimate of drug-likeness (QED) is 0.683. The summed E-state index contributed by atoms with van der Waals surface area (Å²) in [7, 11) is -3.25. The highest BCUT2D eigenvalue weighted by Gasteiger charge is 2.12. The van der Waals surface area contributed by atoms with Crippen LogP contribution < -0.4 is 5.73 Å². The Labute approximate surface area is 71.3 Å². The molecular weight excluding hydrogens is 176 g/mol. The number of aromatic nitrogens is 1. The Bertz CT molecular complexity index is 373. The molecule has 4 nitrogen and oxygen atoms in total. The van der Waals surface area contributed by atoms with Gasteiger partial charge >= 0.3 is 0 Å². The molecule has 0 amide bonds. The topological polar surface area (TPSA) is 70.8 Å². The van der Waals surface area contributed by atoms with Crippen LogP contribution in [0.25, 0.3) is 0 Å².